The van der Waals surface area contributed by atoms with E-state index in [1.165, 1.54) is 11.3 Å². The number of amides is 1. The summed E-state index contributed by atoms with van der Waals surface area (Å²) in [5, 5.41) is 10.6. The van der Waals surface area contributed by atoms with E-state index in [2.05, 4.69) is 26.7 Å². The maximum Gasteiger partial charge on any atom is 0.267 e. The molecule has 32 heavy (non-hydrogen) atoms. The van der Waals surface area contributed by atoms with Crippen molar-refractivity contribution in [2.45, 2.75) is 31.3 Å². The van der Waals surface area contributed by atoms with E-state index in [1.54, 1.807) is 13.4 Å². The third-order valence-electron chi connectivity index (χ3n) is 6.20. The summed E-state index contributed by atoms with van der Waals surface area (Å²) in [6, 6.07) is 11.6. The van der Waals surface area contributed by atoms with Gasteiger partial charge in [-0.25, -0.2) is 15.0 Å². The minimum atomic E-state index is -1.60. The number of aliphatic hydroxyl groups is 1. The minimum absolute atomic E-state index is 0.320. The van der Waals surface area contributed by atoms with Crippen LogP contribution in [0.15, 0.2) is 42.7 Å². The summed E-state index contributed by atoms with van der Waals surface area (Å²) < 4.78 is 0. The summed E-state index contributed by atoms with van der Waals surface area (Å²) in [4.78, 5) is 29.8. The fourth-order valence-electron chi connectivity index (χ4n) is 4.33. The first kappa shape index (κ1) is 20.4. The van der Waals surface area contributed by atoms with Crippen LogP contribution in [0.5, 0.6) is 0 Å². The van der Waals surface area contributed by atoms with Crippen molar-refractivity contribution in [1.82, 2.24) is 19.9 Å². The zero-order valence-corrected chi connectivity index (χ0v) is 18.1. The second kappa shape index (κ2) is 8.21. The van der Waals surface area contributed by atoms with Crippen LogP contribution in [0.2, 0.25) is 0 Å². The molecule has 0 radical (unpaired) electrons. The zero-order valence-electron chi connectivity index (χ0n) is 18.1. The van der Waals surface area contributed by atoms with Gasteiger partial charge in [0.2, 0.25) is 5.60 Å². The van der Waals surface area contributed by atoms with Crippen LogP contribution in [-0.4, -0.2) is 63.1 Å². The molecule has 1 aromatic carbocycles. The molecule has 7 heteroatoms. The number of nitrogens with zero attached hydrogens (tertiary/aromatic N) is 5. The van der Waals surface area contributed by atoms with Crippen molar-refractivity contribution in [1.29, 1.82) is 0 Å². The highest BCUT2D eigenvalue weighted by Gasteiger charge is 2.42. The smallest absolute Gasteiger partial charge is 0.267 e. The lowest BCUT2D eigenvalue weighted by molar-refractivity contribution is -0.137. The quantitative estimate of drug-likeness (QED) is 0.633. The van der Waals surface area contributed by atoms with E-state index in [4.69, 9.17) is 4.98 Å². The first-order valence-electron chi connectivity index (χ1n) is 11.0. The van der Waals surface area contributed by atoms with Crippen molar-refractivity contribution < 1.29 is 9.90 Å². The number of benzene rings is 1. The molecule has 2 fully saturated rings. The van der Waals surface area contributed by atoms with Gasteiger partial charge in [-0.1, -0.05) is 24.0 Å². The summed E-state index contributed by atoms with van der Waals surface area (Å²) >= 11 is 0. The predicted molar refractivity (Wildman–Crippen MR) is 123 cm³/mol. The Morgan fingerprint density at radius 2 is 1.91 bits per heavy atom. The Labute approximate surface area is 187 Å². The third-order valence-corrected chi connectivity index (χ3v) is 6.20. The van der Waals surface area contributed by atoms with E-state index in [0.29, 0.717) is 13.0 Å². The third kappa shape index (κ3) is 3.78. The van der Waals surface area contributed by atoms with Crippen molar-refractivity contribution in [3.8, 4) is 23.1 Å². The highest BCUT2D eigenvalue weighted by molar-refractivity contribution is 5.90. The monoisotopic (exact) mass is 427 g/mol. The molecule has 1 unspecified atom stereocenters. The molecule has 2 aliphatic rings. The number of likely N-dealkylation sites (N-methyl/N-ethyl adjacent to an activating group) is 1. The normalized spacial score (nSPS) is 21.0. The Bertz CT molecular complexity index is 1240. The predicted octanol–water partition coefficient (Wildman–Crippen LogP) is 2.63. The molecule has 2 aliphatic heterocycles. The number of carbonyl (C=O) groups is 1. The number of hydrogen-bond donors (Lipinski definition) is 1. The molecule has 162 valence electrons. The van der Waals surface area contributed by atoms with Gasteiger partial charge >= 0.3 is 0 Å². The van der Waals surface area contributed by atoms with Crippen LogP contribution in [0.4, 0.5) is 5.82 Å². The lowest BCUT2D eigenvalue weighted by atomic mass is 10.0. The van der Waals surface area contributed by atoms with Crippen molar-refractivity contribution >= 4 is 22.8 Å². The fraction of sp³-hybridized carbons (Fsp3) is 0.360. The fourth-order valence-corrected chi connectivity index (χ4v) is 4.33. The van der Waals surface area contributed by atoms with Gasteiger partial charge in [-0.15, -0.1) is 0 Å². The van der Waals surface area contributed by atoms with Crippen molar-refractivity contribution in [3.05, 3.63) is 48.3 Å². The number of hydrogen-bond acceptors (Lipinski definition) is 6. The van der Waals surface area contributed by atoms with E-state index >= 15 is 0 Å². The van der Waals surface area contributed by atoms with E-state index in [-0.39, 0.29) is 5.91 Å². The van der Waals surface area contributed by atoms with Crippen molar-refractivity contribution in [2.75, 3.05) is 31.6 Å². The van der Waals surface area contributed by atoms with Gasteiger partial charge in [-0.3, -0.25) is 4.79 Å². The molecule has 7 nitrogen and oxygen atoms in total. The molecule has 0 bridgehead atoms. The Hall–Kier alpha value is -3.50. The SMILES string of the molecule is CN1CCC(O)(C#Cc2cccc(-c3ccc4ncnc(N5CCCCC5)c4n3)c2)C1=O. The van der Waals surface area contributed by atoms with Gasteiger partial charge in [0.1, 0.15) is 11.8 Å². The van der Waals surface area contributed by atoms with Gasteiger partial charge in [-0.2, -0.15) is 0 Å². The molecule has 1 amide bonds. The number of anilines is 1. The summed E-state index contributed by atoms with van der Waals surface area (Å²) in [6.07, 6.45) is 5.51. The van der Waals surface area contributed by atoms with Gasteiger partial charge in [0.05, 0.1) is 11.2 Å². The first-order chi connectivity index (χ1) is 15.5. The summed E-state index contributed by atoms with van der Waals surface area (Å²) in [5.41, 5.74) is 2.47. The summed E-state index contributed by atoms with van der Waals surface area (Å²) in [6.45, 7) is 2.48. The number of rotatable bonds is 2. The number of pyridine rings is 1. The lowest BCUT2D eigenvalue weighted by Gasteiger charge is -2.28. The van der Waals surface area contributed by atoms with Gasteiger partial charge in [0, 0.05) is 44.2 Å². The van der Waals surface area contributed by atoms with Gasteiger partial charge in [0.25, 0.3) is 5.91 Å². The molecule has 1 atom stereocenters. The largest absolute Gasteiger partial charge is 0.369 e. The molecular weight excluding hydrogens is 402 g/mol. The van der Waals surface area contributed by atoms with Crippen LogP contribution in [-0.2, 0) is 4.79 Å². The van der Waals surface area contributed by atoms with Gasteiger partial charge in [-0.05, 0) is 43.5 Å². The first-order valence-corrected chi connectivity index (χ1v) is 11.0. The maximum absolute atomic E-state index is 12.2. The van der Waals surface area contributed by atoms with Crippen LogP contribution in [0.25, 0.3) is 22.3 Å². The van der Waals surface area contributed by atoms with E-state index in [1.807, 2.05) is 36.4 Å². The zero-order chi connectivity index (χ0) is 22.1. The molecule has 0 saturated carbocycles. The molecule has 1 N–H and O–H groups in total. The Morgan fingerprint density at radius 3 is 2.69 bits per heavy atom. The van der Waals surface area contributed by atoms with E-state index in [0.717, 1.165) is 59.6 Å². The number of piperidine rings is 1. The highest BCUT2D eigenvalue weighted by atomic mass is 16.3. The molecule has 4 heterocycles. The summed E-state index contributed by atoms with van der Waals surface area (Å²) in [7, 11) is 1.68. The van der Waals surface area contributed by atoms with Crippen LogP contribution >= 0.6 is 0 Å². The topological polar surface area (TPSA) is 82.4 Å². The molecular formula is C25H25N5O2. The van der Waals surface area contributed by atoms with Gasteiger partial charge < -0.3 is 14.9 Å². The Morgan fingerprint density at radius 1 is 1.06 bits per heavy atom. The highest BCUT2D eigenvalue weighted by Crippen LogP contribution is 2.28. The minimum Gasteiger partial charge on any atom is -0.369 e. The Balaban J connectivity index is 1.49. The Kier molecular flexibility index (Phi) is 5.24. The van der Waals surface area contributed by atoms with Crippen molar-refractivity contribution in [3.63, 3.8) is 0 Å². The average molecular weight is 428 g/mol. The van der Waals surface area contributed by atoms with Crippen LogP contribution < -0.4 is 4.90 Å². The van der Waals surface area contributed by atoms with Gasteiger partial charge in [0.15, 0.2) is 5.82 Å². The molecule has 2 aromatic heterocycles. The average Bonchev–Trinajstić information content (AvgIpc) is 3.10. The van der Waals surface area contributed by atoms with Crippen LogP contribution in [0.3, 0.4) is 0 Å². The van der Waals surface area contributed by atoms with E-state index < -0.39 is 5.60 Å². The van der Waals surface area contributed by atoms with Crippen LogP contribution in [0.1, 0.15) is 31.2 Å². The number of likely N-dealkylation sites (tertiary alicyclic amines) is 1. The molecule has 3 aromatic rings. The molecule has 0 aliphatic carbocycles. The number of aromatic nitrogens is 3. The lowest BCUT2D eigenvalue weighted by Crippen LogP contribution is -2.37. The number of carbonyl (C=O) groups excluding carboxylic acids is 1. The number of fused-ring (bicyclic) bond motifs is 1. The second-order valence-corrected chi connectivity index (χ2v) is 8.48. The second-order valence-electron chi connectivity index (χ2n) is 8.48. The molecule has 5 rings (SSSR count). The molecule has 2 saturated heterocycles. The standard InChI is InChI=1S/C25H25N5O2/c1-29-15-12-25(32,24(29)31)11-10-18-6-5-7-19(16-18)20-8-9-21-22(28-20)23(27-17-26-21)30-13-3-2-4-14-30/h5-9,16-17,32H,2-4,12-15H2,1H3. The van der Waals surface area contributed by atoms with E-state index in [9.17, 15) is 9.90 Å². The van der Waals surface area contributed by atoms with Crippen LogP contribution in [0, 0.1) is 11.8 Å². The summed E-state index contributed by atoms with van der Waals surface area (Å²) in [5.74, 6) is 6.31. The maximum atomic E-state index is 12.2. The van der Waals surface area contributed by atoms with Crippen molar-refractivity contribution in [2.24, 2.45) is 0 Å². The molecule has 0 spiro atoms.